The van der Waals surface area contributed by atoms with Gasteiger partial charge in [0.2, 0.25) is 0 Å². The highest BCUT2D eigenvalue weighted by atomic mass is 19.1. The molecule has 29 heavy (non-hydrogen) atoms. The smallest absolute Gasteiger partial charge is 0.326 e. The third-order valence-corrected chi connectivity index (χ3v) is 5.25. The zero-order valence-corrected chi connectivity index (χ0v) is 15.5. The van der Waals surface area contributed by atoms with E-state index in [0.717, 1.165) is 61.6 Å². The van der Waals surface area contributed by atoms with Crippen molar-refractivity contribution in [2.24, 2.45) is 5.16 Å². The number of hydrogen-bond donors (Lipinski definition) is 2. The van der Waals surface area contributed by atoms with Gasteiger partial charge in [-0.05, 0) is 55.5 Å². The number of benzene rings is 2. The summed E-state index contributed by atoms with van der Waals surface area (Å²) in [6.07, 6.45) is 5.09. The first-order valence-corrected chi connectivity index (χ1v) is 9.38. The number of urea groups is 1. The van der Waals surface area contributed by atoms with Gasteiger partial charge in [0.25, 0.3) is 5.91 Å². The monoisotopic (exact) mass is 399 g/mol. The van der Waals surface area contributed by atoms with Crippen molar-refractivity contribution in [3.8, 4) is 0 Å². The second-order valence-corrected chi connectivity index (χ2v) is 7.28. The lowest BCUT2D eigenvalue weighted by atomic mass is 9.93. The van der Waals surface area contributed by atoms with Crippen molar-refractivity contribution in [3.63, 3.8) is 0 Å². The summed E-state index contributed by atoms with van der Waals surface area (Å²) < 4.78 is 27.3. The number of imide groups is 1. The Kier molecular flexibility index (Phi) is 5.00. The van der Waals surface area contributed by atoms with Gasteiger partial charge in [-0.3, -0.25) is 10.1 Å². The average molecular weight is 399 g/mol. The zero-order valence-electron chi connectivity index (χ0n) is 15.5. The lowest BCUT2D eigenvalue weighted by Gasteiger charge is -2.19. The van der Waals surface area contributed by atoms with E-state index in [1.165, 1.54) is 0 Å². The predicted molar refractivity (Wildman–Crippen MR) is 103 cm³/mol. The van der Waals surface area contributed by atoms with Crippen molar-refractivity contribution in [3.05, 3.63) is 65.2 Å². The number of anilines is 1. The van der Waals surface area contributed by atoms with Gasteiger partial charge in [-0.2, -0.15) is 0 Å². The van der Waals surface area contributed by atoms with Crippen LogP contribution in [0, 0.1) is 11.6 Å². The van der Waals surface area contributed by atoms with Crippen molar-refractivity contribution in [2.45, 2.75) is 37.7 Å². The maximum atomic E-state index is 13.6. The van der Waals surface area contributed by atoms with E-state index in [0.29, 0.717) is 5.69 Å². The van der Waals surface area contributed by atoms with Crippen LogP contribution in [0.25, 0.3) is 0 Å². The molecule has 2 aromatic carbocycles. The predicted octanol–water partition coefficient (Wildman–Crippen LogP) is 4.36. The molecule has 1 aliphatic heterocycles. The largest absolute Gasteiger partial charge is 0.389 e. The van der Waals surface area contributed by atoms with E-state index in [-0.39, 0.29) is 5.60 Å². The van der Waals surface area contributed by atoms with Gasteiger partial charge in [-0.1, -0.05) is 23.4 Å². The fraction of sp³-hybridized carbons (Fsp3) is 0.286. The van der Waals surface area contributed by atoms with Crippen LogP contribution in [-0.4, -0.2) is 23.3 Å². The molecule has 1 heterocycles. The molecule has 1 saturated carbocycles. The molecule has 1 spiro atoms. The SMILES string of the molecule is O=C(NC(=O)c1c(F)cccc1F)Nc1ccc(C2=NOC3(CCCC3)C2)cc1. The van der Waals surface area contributed by atoms with Crippen LogP contribution in [-0.2, 0) is 4.84 Å². The van der Waals surface area contributed by atoms with Crippen molar-refractivity contribution >= 4 is 23.3 Å². The first-order chi connectivity index (χ1) is 14.0. The Labute approximate surface area is 165 Å². The summed E-state index contributed by atoms with van der Waals surface area (Å²) in [6, 6.07) is 9.04. The third kappa shape index (κ3) is 3.96. The molecule has 0 unspecified atom stereocenters. The number of nitrogens with zero attached hydrogens (tertiary/aromatic N) is 1. The standard InChI is InChI=1S/C21H19F2N3O3/c22-15-4-3-5-16(23)18(15)19(27)25-20(28)24-14-8-6-13(7-9-14)17-12-21(29-26-17)10-1-2-11-21/h3-9H,1-2,10-12H2,(H2,24,25,27,28). The zero-order chi connectivity index (χ0) is 20.4. The summed E-state index contributed by atoms with van der Waals surface area (Å²) in [4.78, 5) is 29.6. The van der Waals surface area contributed by atoms with Gasteiger partial charge in [0, 0.05) is 12.1 Å². The molecule has 0 radical (unpaired) electrons. The molecule has 150 valence electrons. The fourth-order valence-corrected chi connectivity index (χ4v) is 3.75. The lowest BCUT2D eigenvalue weighted by Crippen LogP contribution is -2.35. The van der Waals surface area contributed by atoms with Crippen LogP contribution in [0.2, 0.25) is 0 Å². The second-order valence-electron chi connectivity index (χ2n) is 7.28. The van der Waals surface area contributed by atoms with E-state index >= 15 is 0 Å². The Morgan fingerprint density at radius 3 is 2.31 bits per heavy atom. The molecule has 6 nitrogen and oxygen atoms in total. The van der Waals surface area contributed by atoms with Gasteiger partial charge in [0.15, 0.2) is 0 Å². The Balaban J connectivity index is 1.36. The minimum Gasteiger partial charge on any atom is -0.389 e. The van der Waals surface area contributed by atoms with Crippen molar-refractivity contribution in [1.82, 2.24) is 5.32 Å². The topological polar surface area (TPSA) is 79.8 Å². The van der Waals surface area contributed by atoms with Crippen molar-refractivity contribution in [2.75, 3.05) is 5.32 Å². The maximum Gasteiger partial charge on any atom is 0.326 e. The van der Waals surface area contributed by atoms with E-state index in [4.69, 9.17) is 4.84 Å². The van der Waals surface area contributed by atoms with Crippen molar-refractivity contribution in [1.29, 1.82) is 0 Å². The lowest BCUT2D eigenvalue weighted by molar-refractivity contribution is -0.0126. The molecular formula is C21H19F2N3O3. The molecule has 4 rings (SSSR count). The first kappa shape index (κ1) is 19.0. The fourth-order valence-electron chi connectivity index (χ4n) is 3.75. The van der Waals surface area contributed by atoms with Crippen LogP contribution < -0.4 is 10.6 Å². The molecular weight excluding hydrogens is 380 g/mol. The Bertz CT molecular complexity index is 963. The van der Waals surface area contributed by atoms with E-state index in [9.17, 15) is 18.4 Å². The average Bonchev–Trinajstić information content (AvgIpc) is 3.32. The molecule has 0 atom stereocenters. The van der Waals surface area contributed by atoms with Gasteiger partial charge in [0.1, 0.15) is 22.8 Å². The van der Waals surface area contributed by atoms with Crippen LogP contribution in [0.1, 0.15) is 48.0 Å². The molecule has 0 bridgehead atoms. The summed E-state index contributed by atoms with van der Waals surface area (Å²) in [5.74, 6) is -3.24. The van der Waals surface area contributed by atoms with Crippen LogP contribution in [0.5, 0.6) is 0 Å². The summed E-state index contributed by atoms with van der Waals surface area (Å²) in [5, 5.41) is 8.60. The number of oxime groups is 1. The van der Waals surface area contributed by atoms with Gasteiger partial charge >= 0.3 is 6.03 Å². The summed E-state index contributed by atoms with van der Waals surface area (Å²) >= 11 is 0. The maximum absolute atomic E-state index is 13.6. The van der Waals surface area contributed by atoms with Gasteiger partial charge in [-0.15, -0.1) is 0 Å². The molecule has 1 fully saturated rings. The number of rotatable bonds is 3. The summed E-state index contributed by atoms with van der Waals surface area (Å²) in [6.45, 7) is 0. The number of hydrogen-bond acceptors (Lipinski definition) is 4. The highest BCUT2D eigenvalue weighted by Gasteiger charge is 2.41. The number of carbonyl (C=O) groups is 2. The van der Waals surface area contributed by atoms with Gasteiger partial charge in [0.05, 0.1) is 5.71 Å². The van der Waals surface area contributed by atoms with Gasteiger partial charge in [-0.25, -0.2) is 13.6 Å². The molecule has 0 aromatic heterocycles. The van der Waals surface area contributed by atoms with E-state index < -0.39 is 29.1 Å². The Morgan fingerprint density at radius 1 is 1.00 bits per heavy atom. The van der Waals surface area contributed by atoms with Gasteiger partial charge < -0.3 is 10.2 Å². The molecule has 2 aliphatic rings. The van der Waals surface area contributed by atoms with Crippen LogP contribution >= 0.6 is 0 Å². The third-order valence-electron chi connectivity index (χ3n) is 5.25. The Morgan fingerprint density at radius 2 is 1.66 bits per heavy atom. The minimum absolute atomic E-state index is 0.158. The number of nitrogens with one attached hydrogen (secondary N) is 2. The number of amides is 3. The number of halogens is 2. The summed E-state index contributed by atoms with van der Waals surface area (Å²) in [7, 11) is 0. The first-order valence-electron chi connectivity index (χ1n) is 9.38. The van der Waals surface area contributed by atoms with Crippen LogP contribution in [0.15, 0.2) is 47.6 Å². The molecule has 3 amide bonds. The minimum atomic E-state index is -1.16. The molecule has 0 saturated heterocycles. The molecule has 1 aliphatic carbocycles. The highest BCUT2D eigenvalue weighted by molar-refractivity contribution is 6.08. The van der Waals surface area contributed by atoms with Crippen LogP contribution in [0.3, 0.4) is 0 Å². The normalized spacial score (nSPS) is 17.0. The quantitative estimate of drug-likeness (QED) is 0.805. The van der Waals surface area contributed by atoms with Crippen LogP contribution in [0.4, 0.5) is 19.3 Å². The Hall–Kier alpha value is -3.29. The van der Waals surface area contributed by atoms with E-state index in [2.05, 4.69) is 10.5 Å². The number of carbonyl (C=O) groups excluding carboxylic acids is 2. The molecule has 8 heteroatoms. The van der Waals surface area contributed by atoms with E-state index in [1.54, 1.807) is 24.3 Å². The second kappa shape index (κ2) is 7.62. The van der Waals surface area contributed by atoms with E-state index in [1.807, 2.05) is 5.32 Å². The molecule has 2 N–H and O–H groups in total. The summed E-state index contributed by atoms with van der Waals surface area (Å²) in [5.41, 5.74) is 1.22. The highest BCUT2D eigenvalue weighted by Crippen LogP contribution is 2.40. The van der Waals surface area contributed by atoms with Crippen molar-refractivity contribution < 1.29 is 23.2 Å². The molecule has 2 aromatic rings.